The van der Waals surface area contributed by atoms with Crippen molar-refractivity contribution in [3.8, 4) is 0 Å². The van der Waals surface area contributed by atoms with Crippen molar-refractivity contribution in [1.82, 2.24) is 14.9 Å². The third kappa shape index (κ3) is 4.07. The van der Waals surface area contributed by atoms with Crippen LogP contribution in [-0.4, -0.2) is 34.3 Å². The maximum absolute atomic E-state index is 12.0. The van der Waals surface area contributed by atoms with Crippen LogP contribution in [0.2, 0.25) is 5.02 Å². The zero-order chi connectivity index (χ0) is 15.9. The van der Waals surface area contributed by atoms with E-state index in [0.717, 1.165) is 5.69 Å². The number of hydrogen-bond acceptors (Lipinski definition) is 4. The first-order valence-electron chi connectivity index (χ1n) is 6.81. The first-order valence-corrected chi connectivity index (χ1v) is 7.19. The fraction of sp³-hybridized carbons (Fsp3) is 0.333. The van der Waals surface area contributed by atoms with Gasteiger partial charge in [-0.15, -0.1) is 0 Å². The predicted octanol–water partition coefficient (Wildman–Crippen LogP) is 1.53. The second kappa shape index (κ2) is 7.93. The number of halogens is 1. The summed E-state index contributed by atoms with van der Waals surface area (Å²) in [6.07, 6.45) is 2.03. The largest absolute Gasteiger partial charge is 0.383 e. The van der Waals surface area contributed by atoms with Gasteiger partial charge in [0.25, 0.3) is 5.91 Å². The van der Waals surface area contributed by atoms with Crippen molar-refractivity contribution in [2.75, 3.05) is 13.7 Å². The first kappa shape index (κ1) is 16.5. The van der Waals surface area contributed by atoms with E-state index in [9.17, 15) is 9.90 Å². The normalized spacial score (nSPS) is 12.1. The van der Waals surface area contributed by atoms with Gasteiger partial charge in [0.1, 0.15) is 0 Å². The van der Waals surface area contributed by atoms with Crippen LogP contribution in [0.3, 0.4) is 0 Å². The number of methoxy groups -OCH3 is 1. The number of benzene rings is 1. The number of aliphatic hydroxyl groups excluding tert-OH is 1. The molecular formula is C15H18ClN3O3. The highest BCUT2D eigenvalue weighted by atomic mass is 35.5. The highest BCUT2D eigenvalue weighted by Gasteiger charge is 2.19. The maximum Gasteiger partial charge on any atom is 0.253 e. The molecule has 2 rings (SSSR count). The second-order valence-electron chi connectivity index (χ2n) is 4.71. The van der Waals surface area contributed by atoms with Crippen LogP contribution in [0.4, 0.5) is 0 Å². The van der Waals surface area contributed by atoms with Gasteiger partial charge in [-0.1, -0.05) is 29.8 Å². The third-order valence-corrected chi connectivity index (χ3v) is 3.57. The number of ether oxygens (including phenoxy) is 1. The number of carbonyl (C=O) groups excluding carboxylic acids is 1. The highest BCUT2D eigenvalue weighted by molar-refractivity contribution is 6.31. The molecule has 22 heavy (non-hydrogen) atoms. The summed E-state index contributed by atoms with van der Waals surface area (Å²) in [5.74, 6) is -0.507. The van der Waals surface area contributed by atoms with Crippen LogP contribution in [0.5, 0.6) is 0 Å². The number of aliphatic hydroxyl groups is 1. The van der Waals surface area contributed by atoms with Crippen molar-refractivity contribution in [3.63, 3.8) is 0 Å². The fourth-order valence-electron chi connectivity index (χ4n) is 2.00. The van der Waals surface area contributed by atoms with Crippen LogP contribution in [0.15, 0.2) is 36.8 Å². The molecule has 1 atom stereocenters. The van der Waals surface area contributed by atoms with E-state index in [-0.39, 0.29) is 6.54 Å². The number of carbonyl (C=O) groups is 1. The third-order valence-electron chi connectivity index (χ3n) is 3.23. The van der Waals surface area contributed by atoms with Gasteiger partial charge in [0.15, 0.2) is 6.10 Å². The van der Waals surface area contributed by atoms with Crippen molar-refractivity contribution in [2.45, 2.75) is 19.2 Å². The van der Waals surface area contributed by atoms with Crippen LogP contribution < -0.4 is 5.32 Å². The van der Waals surface area contributed by atoms with E-state index in [1.54, 1.807) is 43.9 Å². The molecule has 0 saturated carbocycles. The van der Waals surface area contributed by atoms with Gasteiger partial charge < -0.3 is 19.7 Å². The summed E-state index contributed by atoms with van der Waals surface area (Å²) in [7, 11) is 1.62. The van der Waals surface area contributed by atoms with Crippen LogP contribution in [0.25, 0.3) is 0 Å². The lowest BCUT2D eigenvalue weighted by atomic mass is 10.1. The lowest BCUT2D eigenvalue weighted by Crippen LogP contribution is -2.30. The van der Waals surface area contributed by atoms with E-state index in [1.165, 1.54) is 0 Å². The van der Waals surface area contributed by atoms with Crippen LogP contribution in [0, 0.1) is 0 Å². The molecule has 0 fully saturated rings. The zero-order valence-corrected chi connectivity index (χ0v) is 13.0. The molecule has 1 aromatic carbocycles. The van der Waals surface area contributed by atoms with Gasteiger partial charge in [0.2, 0.25) is 0 Å². The van der Waals surface area contributed by atoms with Gasteiger partial charge in [0.05, 0.1) is 25.2 Å². The molecule has 1 unspecified atom stereocenters. The van der Waals surface area contributed by atoms with Crippen molar-refractivity contribution in [2.24, 2.45) is 0 Å². The highest BCUT2D eigenvalue weighted by Crippen LogP contribution is 2.22. The Balaban J connectivity index is 1.95. The van der Waals surface area contributed by atoms with E-state index < -0.39 is 12.0 Å². The summed E-state index contributed by atoms with van der Waals surface area (Å²) in [6, 6.07) is 6.71. The van der Waals surface area contributed by atoms with Crippen molar-refractivity contribution in [3.05, 3.63) is 53.1 Å². The second-order valence-corrected chi connectivity index (χ2v) is 5.12. The number of imidazole rings is 1. The van der Waals surface area contributed by atoms with Gasteiger partial charge in [-0.2, -0.15) is 0 Å². The summed E-state index contributed by atoms with van der Waals surface area (Å²) >= 11 is 5.98. The molecule has 0 spiro atoms. The topological polar surface area (TPSA) is 76.4 Å². The molecule has 0 aliphatic heterocycles. The van der Waals surface area contributed by atoms with Gasteiger partial charge in [-0.05, 0) is 6.07 Å². The molecule has 1 amide bonds. The Morgan fingerprint density at radius 1 is 1.50 bits per heavy atom. The standard InChI is InChI=1S/C15H18ClN3O3/c1-22-7-6-19-10-17-8-11(19)9-18-15(21)14(20)12-4-2-3-5-13(12)16/h2-5,8,10,14,20H,6-7,9H2,1H3,(H,18,21). The van der Waals surface area contributed by atoms with E-state index in [1.807, 2.05) is 4.57 Å². The Morgan fingerprint density at radius 2 is 2.27 bits per heavy atom. The summed E-state index contributed by atoms with van der Waals surface area (Å²) in [5.41, 5.74) is 1.21. The van der Waals surface area contributed by atoms with Crippen LogP contribution >= 0.6 is 11.6 Å². The minimum atomic E-state index is -1.30. The van der Waals surface area contributed by atoms with Crippen molar-refractivity contribution >= 4 is 17.5 Å². The summed E-state index contributed by atoms with van der Waals surface area (Å²) < 4.78 is 6.89. The minimum Gasteiger partial charge on any atom is -0.383 e. The Kier molecular flexibility index (Phi) is 5.94. The van der Waals surface area contributed by atoms with E-state index in [0.29, 0.717) is 23.7 Å². The van der Waals surface area contributed by atoms with Crippen LogP contribution in [-0.2, 0) is 22.6 Å². The maximum atomic E-state index is 12.0. The summed E-state index contributed by atoms with van der Waals surface area (Å²) in [4.78, 5) is 16.1. The molecule has 1 heterocycles. The number of amides is 1. The van der Waals surface area contributed by atoms with Gasteiger partial charge in [-0.25, -0.2) is 4.98 Å². The number of hydrogen-bond donors (Lipinski definition) is 2. The van der Waals surface area contributed by atoms with E-state index in [2.05, 4.69) is 10.3 Å². The predicted molar refractivity (Wildman–Crippen MR) is 82.4 cm³/mol. The molecule has 0 bridgehead atoms. The lowest BCUT2D eigenvalue weighted by Gasteiger charge is -2.13. The number of rotatable bonds is 7. The molecular weight excluding hydrogens is 306 g/mol. The van der Waals surface area contributed by atoms with Crippen molar-refractivity contribution in [1.29, 1.82) is 0 Å². The molecule has 2 aromatic rings. The molecule has 7 heteroatoms. The Labute approximate surface area is 133 Å². The summed E-state index contributed by atoms with van der Waals surface area (Å²) in [5, 5.41) is 13.1. The molecule has 0 aliphatic carbocycles. The molecule has 0 saturated heterocycles. The molecule has 118 valence electrons. The van der Waals surface area contributed by atoms with Crippen molar-refractivity contribution < 1.29 is 14.6 Å². The number of aromatic nitrogens is 2. The average Bonchev–Trinajstić information content (AvgIpc) is 2.97. The smallest absolute Gasteiger partial charge is 0.253 e. The monoisotopic (exact) mass is 323 g/mol. The van der Waals surface area contributed by atoms with E-state index in [4.69, 9.17) is 16.3 Å². The molecule has 2 N–H and O–H groups in total. The average molecular weight is 324 g/mol. The first-order chi connectivity index (χ1) is 10.6. The summed E-state index contributed by atoms with van der Waals surface area (Å²) in [6.45, 7) is 1.47. The Bertz CT molecular complexity index is 630. The zero-order valence-electron chi connectivity index (χ0n) is 12.2. The van der Waals surface area contributed by atoms with Gasteiger partial charge in [-0.3, -0.25) is 4.79 Å². The molecule has 0 radical (unpaired) electrons. The minimum absolute atomic E-state index is 0.268. The van der Waals surface area contributed by atoms with Gasteiger partial charge in [0, 0.05) is 30.4 Å². The Hall–Kier alpha value is -1.89. The van der Waals surface area contributed by atoms with Crippen LogP contribution in [0.1, 0.15) is 17.4 Å². The fourth-order valence-corrected chi connectivity index (χ4v) is 2.24. The molecule has 1 aromatic heterocycles. The lowest BCUT2D eigenvalue weighted by molar-refractivity contribution is -0.129. The number of nitrogens with one attached hydrogen (secondary N) is 1. The molecule has 0 aliphatic rings. The molecule has 6 nitrogen and oxygen atoms in total. The quantitative estimate of drug-likeness (QED) is 0.810. The van der Waals surface area contributed by atoms with E-state index >= 15 is 0 Å². The Morgan fingerprint density at radius 3 is 3.00 bits per heavy atom. The SMILES string of the molecule is COCCn1cncc1CNC(=O)C(O)c1ccccc1Cl. The van der Waals surface area contributed by atoms with Gasteiger partial charge >= 0.3 is 0 Å². The number of nitrogens with zero attached hydrogens (tertiary/aromatic N) is 2.